The highest BCUT2D eigenvalue weighted by molar-refractivity contribution is 5.56. The molecule has 0 spiro atoms. The average molecular weight is 266 g/mol. The van der Waals surface area contributed by atoms with Gasteiger partial charge in [0.2, 0.25) is 5.82 Å². The van der Waals surface area contributed by atoms with Crippen LogP contribution in [0.25, 0.3) is 0 Å². The van der Waals surface area contributed by atoms with Gasteiger partial charge in [-0.25, -0.2) is 4.68 Å². The summed E-state index contributed by atoms with van der Waals surface area (Å²) in [6.45, 7) is 3.86. The Balaban J connectivity index is 2.12. The van der Waals surface area contributed by atoms with Crippen LogP contribution >= 0.6 is 0 Å². The van der Waals surface area contributed by atoms with E-state index in [2.05, 4.69) is 12.0 Å². The Morgan fingerprint density at radius 2 is 2.05 bits per heavy atom. The first-order chi connectivity index (χ1) is 9.04. The largest absolute Gasteiger partial charge is 0.378 e. The van der Waals surface area contributed by atoms with Crippen LogP contribution < -0.4 is 5.73 Å². The van der Waals surface area contributed by atoms with Crippen molar-refractivity contribution in [2.75, 3.05) is 5.73 Å². The van der Waals surface area contributed by atoms with Crippen LogP contribution in [0, 0.1) is 23.0 Å². The molecule has 0 bridgehead atoms. The molecule has 1 aromatic heterocycles. The minimum atomic E-state index is -0.434. The highest BCUT2D eigenvalue weighted by Gasteiger charge is 2.29. The third-order valence-corrected chi connectivity index (χ3v) is 4.13. The first-order valence-electron chi connectivity index (χ1n) is 7.03. The number of anilines is 1. The Bertz CT molecular complexity index is 461. The van der Waals surface area contributed by atoms with Crippen LogP contribution in [0.1, 0.15) is 57.2 Å². The quantitative estimate of drug-likeness (QED) is 0.669. The summed E-state index contributed by atoms with van der Waals surface area (Å²) < 4.78 is 1.68. The third kappa shape index (κ3) is 2.72. The summed E-state index contributed by atoms with van der Waals surface area (Å²) in [6.07, 6.45) is 6.89. The van der Waals surface area contributed by atoms with Gasteiger partial charge >= 0.3 is 5.69 Å². The van der Waals surface area contributed by atoms with Gasteiger partial charge in [0.15, 0.2) is 0 Å². The van der Waals surface area contributed by atoms with Crippen LogP contribution in [0.15, 0.2) is 0 Å². The fourth-order valence-corrected chi connectivity index (χ4v) is 3.15. The number of aryl methyl sites for hydroxylation is 1. The van der Waals surface area contributed by atoms with Crippen molar-refractivity contribution >= 4 is 11.5 Å². The molecule has 0 saturated heterocycles. The fourth-order valence-electron chi connectivity index (χ4n) is 3.15. The van der Waals surface area contributed by atoms with Crippen LogP contribution in [-0.2, 0) is 0 Å². The molecule has 1 fully saturated rings. The van der Waals surface area contributed by atoms with Crippen molar-refractivity contribution in [3.05, 3.63) is 15.8 Å². The molecule has 6 heteroatoms. The van der Waals surface area contributed by atoms with Crippen molar-refractivity contribution < 1.29 is 4.92 Å². The molecule has 1 heterocycles. The predicted molar refractivity (Wildman–Crippen MR) is 73.9 cm³/mol. The summed E-state index contributed by atoms with van der Waals surface area (Å²) >= 11 is 0. The Morgan fingerprint density at radius 1 is 1.42 bits per heavy atom. The second kappa shape index (κ2) is 5.59. The molecule has 0 aromatic carbocycles. The number of rotatable bonds is 4. The molecular formula is C13H22N4O2. The van der Waals surface area contributed by atoms with Gasteiger partial charge in [-0.05, 0) is 38.5 Å². The first kappa shape index (κ1) is 13.8. The lowest BCUT2D eigenvalue weighted by atomic mass is 9.83. The van der Waals surface area contributed by atoms with E-state index in [0.717, 1.165) is 18.8 Å². The maximum atomic E-state index is 10.9. The zero-order chi connectivity index (χ0) is 14.0. The van der Waals surface area contributed by atoms with Crippen LogP contribution in [0.5, 0.6) is 0 Å². The van der Waals surface area contributed by atoms with Gasteiger partial charge in [-0.3, -0.25) is 10.1 Å². The lowest BCUT2D eigenvalue weighted by Gasteiger charge is -2.28. The van der Waals surface area contributed by atoms with E-state index >= 15 is 0 Å². The van der Waals surface area contributed by atoms with E-state index in [1.54, 1.807) is 11.6 Å². The molecule has 2 N–H and O–H groups in total. The zero-order valence-corrected chi connectivity index (χ0v) is 11.6. The highest BCUT2D eigenvalue weighted by Crippen LogP contribution is 2.37. The van der Waals surface area contributed by atoms with Crippen molar-refractivity contribution in [1.82, 2.24) is 9.78 Å². The number of hydrogen-bond acceptors (Lipinski definition) is 4. The summed E-state index contributed by atoms with van der Waals surface area (Å²) in [5.74, 6) is 1.01. The molecule has 0 radical (unpaired) electrons. The van der Waals surface area contributed by atoms with Gasteiger partial charge in [-0.2, -0.15) is 5.10 Å². The van der Waals surface area contributed by atoms with Crippen LogP contribution in [0.3, 0.4) is 0 Å². The Hall–Kier alpha value is -1.59. The van der Waals surface area contributed by atoms with Crippen LogP contribution in [-0.4, -0.2) is 14.7 Å². The van der Waals surface area contributed by atoms with E-state index in [9.17, 15) is 10.1 Å². The maximum Gasteiger partial charge on any atom is 0.333 e. The smallest absolute Gasteiger partial charge is 0.333 e. The maximum absolute atomic E-state index is 10.9. The molecule has 1 aliphatic carbocycles. The first-order valence-corrected chi connectivity index (χ1v) is 7.03. The number of nitrogens with two attached hydrogens (primary N) is 1. The predicted octanol–water partition coefficient (Wildman–Crippen LogP) is 3.21. The monoisotopic (exact) mass is 266 g/mol. The summed E-state index contributed by atoms with van der Waals surface area (Å²) in [5, 5.41) is 15.2. The van der Waals surface area contributed by atoms with E-state index in [1.807, 2.05) is 0 Å². The summed E-state index contributed by atoms with van der Waals surface area (Å²) in [5.41, 5.74) is 6.27. The van der Waals surface area contributed by atoms with Crippen molar-refractivity contribution in [3.8, 4) is 0 Å². The number of hydrogen-bond donors (Lipinski definition) is 1. The van der Waals surface area contributed by atoms with Crippen LogP contribution in [0.2, 0.25) is 0 Å². The molecule has 1 aromatic rings. The van der Waals surface area contributed by atoms with Gasteiger partial charge in [0.25, 0.3) is 0 Å². The lowest BCUT2D eigenvalue weighted by Crippen LogP contribution is -2.20. The SMILES string of the molecule is CCCC1CCC(n2nc(C)c([N+](=O)[O-])c2N)CC1. The van der Waals surface area contributed by atoms with E-state index in [1.165, 1.54) is 25.7 Å². The van der Waals surface area contributed by atoms with Crippen molar-refractivity contribution in [1.29, 1.82) is 0 Å². The van der Waals surface area contributed by atoms with Crippen molar-refractivity contribution in [2.24, 2.45) is 5.92 Å². The van der Waals surface area contributed by atoms with Gasteiger partial charge in [0.05, 0.1) is 11.0 Å². The van der Waals surface area contributed by atoms with E-state index in [4.69, 9.17) is 5.73 Å². The van der Waals surface area contributed by atoms with Gasteiger partial charge in [-0.15, -0.1) is 0 Å². The topological polar surface area (TPSA) is 87.0 Å². The second-order valence-corrected chi connectivity index (χ2v) is 5.48. The van der Waals surface area contributed by atoms with Gasteiger partial charge in [-0.1, -0.05) is 19.8 Å². The molecule has 1 aliphatic rings. The van der Waals surface area contributed by atoms with E-state index < -0.39 is 4.92 Å². The summed E-state index contributed by atoms with van der Waals surface area (Å²) in [4.78, 5) is 10.5. The normalized spacial score (nSPS) is 23.5. The summed E-state index contributed by atoms with van der Waals surface area (Å²) in [6, 6.07) is 0.223. The Morgan fingerprint density at radius 3 is 2.53 bits per heavy atom. The van der Waals surface area contributed by atoms with Crippen molar-refractivity contribution in [2.45, 2.75) is 58.4 Å². The fraction of sp³-hybridized carbons (Fsp3) is 0.769. The third-order valence-electron chi connectivity index (χ3n) is 4.13. The minimum Gasteiger partial charge on any atom is -0.378 e. The minimum absolute atomic E-state index is 0.0318. The molecule has 1 saturated carbocycles. The van der Waals surface area contributed by atoms with Crippen LogP contribution in [0.4, 0.5) is 11.5 Å². The lowest BCUT2D eigenvalue weighted by molar-refractivity contribution is -0.384. The Labute approximate surface area is 113 Å². The molecule has 19 heavy (non-hydrogen) atoms. The molecule has 2 rings (SSSR count). The average Bonchev–Trinajstić information content (AvgIpc) is 2.66. The van der Waals surface area contributed by atoms with Gasteiger partial charge < -0.3 is 5.73 Å². The molecular weight excluding hydrogens is 244 g/mol. The number of nitro groups is 1. The zero-order valence-electron chi connectivity index (χ0n) is 11.6. The Kier molecular flexibility index (Phi) is 4.07. The molecule has 0 amide bonds. The molecule has 106 valence electrons. The molecule has 0 atom stereocenters. The molecule has 0 unspecified atom stereocenters. The standard InChI is InChI=1S/C13H22N4O2/c1-3-4-10-5-7-11(8-6-10)16-13(14)12(17(18)19)9(2)15-16/h10-11H,3-8,14H2,1-2H3. The molecule has 6 nitrogen and oxygen atoms in total. The highest BCUT2D eigenvalue weighted by atomic mass is 16.6. The summed E-state index contributed by atoms with van der Waals surface area (Å²) in [7, 11) is 0. The second-order valence-electron chi connectivity index (χ2n) is 5.48. The number of aromatic nitrogens is 2. The number of nitrogens with zero attached hydrogens (tertiary/aromatic N) is 3. The van der Waals surface area contributed by atoms with E-state index in [-0.39, 0.29) is 17.5 Å². The van der Waals surface area contributed by atoms with Crippen molar-refractivity contribution in [3.63, 3.8) is 0 Å². The van der Waals surface area contributed by atoms with Gasteiger partial charge in [0, 0.05) is 0 Å². The van der Waals surface area contributed by atoms with E-state index in [0.29, 0.717) is 5.69 Å². The molecule has 0 aliphatic heterocycles. The number of nitrogen functional groups attached to an aromatic ring is 1. The van der Waals surface area contributed by atoms with Gasteiger partial charge in [0.1, 0.15) is 5.69 Å².